The van der Waals surface area contributed by atoms with Crippen LogP contribution in [0.15, 0.2) is 53.7 Å². The quantitative estimate of drug-likeness (QED) is 0.441. The first kappa shape index (κ1) is 22.8. The Morgan fingerprint density at radius 3 is 2.39 bits per heavy atom. The molecule has 0 unspecified atom stereocenters. The summed E-state index contributed by atoms with van der Waals surface area (Å²) in [7, 11) is 1.79. The third kappa shape index (κ3) is 5.92. The van der Waals surface area contributed by atoms with Crippen LogP contribution in [0.4, 0.5) is 5.82 Å². The molecule has 0 saturated carbocycles. The highest BCUT2D eigenvalue weighted by atomic mass is 15.3. The van der Waals surface area contributed by atoms with Crippen LogP contribution in [-0.2, 0) is 13.1 Å². The number of aryl methyl sites for hydroxylation is 2. The average molecular weight is 446 g/mol. The number of hydrogen-bond donors (Lipinski definition) is 2. The fourth-order valence-electron chi connectivity index (χ4n) is 4.33. The van der Waals surface area contributed by atoms with E-state index in [1.807, 2.05) is 23.9 Å². The van der Waals surface area contributed by atoms with Crippen LogP contribution in [0, 0.1) is 13.8 Å². The fraction of sp³-hybridized carbons (Fsp3) is 0.423. The Morgan fingerprint density at radius 1 is 0.970 bits per heavy atom. The Kier molecular flexibility index (Phi) is 7.60. The molecule has 0 amide bonds. The van der Waals surface area contributed by atoms with Gasteiger partial charge in [0.05, 0.1) is 11.4 Å². The molecule has 0 aliphatic carbocycles. The van der Waals surface area contributed by atoms with E-state index in [1.54, 1.807) is 7.05 Å². The number of nitrogens with one attached hydrogen (secondary N) is 2. The van der Waals surface area contributed by atoms with Gasteiger partial charge in [-0.3, -0.25) is 4.99 Å². The van der Waals surface area contributed by atoms with Crippen molar-refractivity contribution in [1.82, 2.24) is 25.4 Å². The molecule has 0 bridgehead atoms. The van der Waals surface area contributed by atoms with Crippen molar-refractivity contribution in [3.8, 4) is 5.69 Å². The van der Waals surface area contributed by atoms with Crippen molar-refractivity contribution in [3.05, 3.63) is 71.2 Å². The van der Waals surface area contributed by atoms with E-state index in [0.717, 1.165) is 53.1 Å². The van der Waals surface area contributed by atoms with Gasteiger partial charge in [-0.05, 0) is 56.0 Å². The zero-order valence-electron chi connectivity index (χ0n) is 20.0. The van der Waals surface area contributed by atoms with E-state index in [-0.39, 0.29) is 0 Å². The summed E-state index contributed by atoms with van der Waals surface area (Å²) in [6, 6.07) is 14.7. The smallest absolute Gasteiger partial charge is 0.191 e. The van der Waals surface area contributed by atoms with Crippen LogP contribution >= 0.6 is 0 Å². The van der Waals surface area contributed by atoms with Gasteiger partial charge in [-0.25, -0.2) is 9.67 Å². The molecule has 33 heavy (non-hydrogen) atoms. The minimum Gasteiger partial charge on any atom is -0.357 e. The molecular weight excluding hydrogens is 410 g/mol. The van der Waals surface area contributed by atoms with Crippen LogP contribution in [0.2, 0.25) is 0 Å². The highest BCUT2D eigenvalue weighted by Crippen LogP contribution is 2.18. The number of aromatic nitrogens is 3. The van der Waals surface area contributed by atoms with Crippen LogP contribution < -0.4 is 15.5 Å². The summed E-state index contributed by atoms with van der Waals surface area (Å²) in [6.45, 7) is 7.65. The maximum Gasteiger partial charge on any atom is 0.191 e. The van der Waals surface area contributed by atoms with Crippen molar-refractivity contribution in [2.75, 3.05) is 25.0 Å². The molecule has 2 N–H and O–H groups in total. The lowest BCUT2D eigenvalue weighted by atomic mass is 10.1. The van der Waals surface area contributed by atoms with Gasteiger partial charge in [-0.2, -0.15) is 5.10 Å². The Balaban J connectivity index is 1.34. The summed E-state index contributed by atoms with van der Waals surface area (Å²) in [6.07, 6.45) is 7.15. The molecule has 3 heterocycles. The minimum absolute atomic E-state index is 0.653. The zero-order valence-corrected chi connectivity index (χ0v) is 20.0. The molecular formula is C26H35N7. The normalized spacial score (nSPS) is 14.8. The maximum absolute atomic E-state index is 4.71. The molecule has 1 saturated heterocycles. The van der Waals surface area contributed by atoms with Gasteiger partial charge in [0.15, 0.2) is 5.96 Å². The first-order chi connectivity index (χ1) is 16.1. The third-order valence-corrected chi connectivity index (χ3v) is 6.10. The summed E-state index contributed by atoms with van der Waals surface area (Å²) in [5.74, 6) is 1.85. The number of hydrogen-bond acceptors (Lipinski definition) is 4. The summed E-state index contributed by atoms with van der Waals surface area (Å²) < 4.78 is 2.00. The summed E-state index contributed by atoms with van der Waals surface area (Å²) in [5, 5.41) is 11.5. The van der Waals surface area contributed by atoms with Crippen molar-refractivity contribution < 1.29 is 0 Å². The molecule has 7 heteroatoms. The number of pyridine rings is 1. The molecule has 1 aliphatic heterocycles. The van der Waals surface area contributed by atoms with Crippen molar-refractivity contribution in [2.24, 2.45) is 4.99 Å². The first-order valence-corrected chi connectivity index (χ1v) is 11.9. The van der Waals surface area contributed by atoms with E-state index >= 15 is 0 Å². The molecule has 1 fully saturated rings. The fourth-order valence-corrected chi connectivity index (χ4v) is 4.33. The molecule has 2 aromatic heterocycles. The Bertz CT molecular complexity index is 1060. The first-order valence-electron chi connectivity index (χ1n) is 11.9. The second kappa shape index (κ2) is 11.0. The number of benzene rings is 1. The van der Waals surface area contributed by atoms with Crippen LogP contribution in [0.5, 0.6) is 0 Å². The highest BCUT2D eigenvalue weighted by Gasteiger charge is 2.11. The van der Waals surface area contributed by atoms with E-state index in [4.69, 9.17) is 4.98 Å². The lowest BCUT2D eigenvalue weighted by molar-refractivity contribution is 0.726. The second-order valence-electron chi connectivity index (χ2n) is 8.67. The van der Waals surface area contributed by atoms with E-state index in [2.05, 4.69) is 68.9 Å². The minimum atomic E-state index is 0.653. The predicted octanol–water partition coefficient (Wildman–Crippen LogP) is 4.13. The molecule has 7 nitrogen and oxygen atoms in total. The topological polar surface area (TPSA) is 70.4 Å². The van der Waals surface area contributed by atoms with E-state index in [9.17, 15) is 0 Å². The molecule has 1 aliphatic rings. The third-order valence-electron chi connectivity index (χ3n) is 6.10. The zero-order chi connectivity index (χ0) is 23.0. The molecule has 1 aromatic carbocycles. The molecule has 0 spiro atoms. The van der Waals surface area contributed by atoms with Gasteiger partial charge in [-0.1, -0.05) is 37.1 Å². The van der Waals surface area contributed by atoms with Crippen LogP contribution in [0.25, 0.3) is 5.69 Å². The van der Waals surface area contributed by atoms with Crippen molar-refractivity contribution in [1.29, 1.82) is 0 Å². The van der Waals surface area contributed by atoms with Crippen molar-refractivity contribution >= 4 is 11.8 Å². The van der Waals surface area contributed by atoms with E-state index in [1.165, 1.54) is 25.7 Å². The summed E-state index contributed by atoms with van der Waals surface area (Å²) in [5.41, 5.74) is 5.52. The number of rotatable bonds is 6. The van der Waals surface area contributed by atoms with Crippen LogP contribution in [0.3, 0.4) is 0 Å². The van der Waals surface area contributed by atoms with Gasteiger partial charge in [0.25, 0.3) is 0 Å². The van der Waals surface area contributed by atoms with Crippen LogP contribution in [0.1, 0.15) is 48.2 Å². The molecule has 0 atom stereocenters. The number of para-hydroxylation sites is 1. The highest BCUT2D eigenvalue weighted by molar-refractivity contribution is 5.79. The van der Waals surface area contributed by atoms with Gasteiger partial charge < -0.3 is 15.5 Å². The van der Waals surface area contributed by atoms with Gasteiger partial charge in [0.2, 0.25) is 0 Å². The number of nitrogens with zero attached hydrogens (tertiary/aromatic N) is 5. The lowest BCUT2D eigenvalue weighted by Gasteiger charge is -2.21. The predicted molar refractivity (Wildman–Crippen MR) is 135 cm³/mol. The average Bonchev–Trinajstić information content (AvgIpc) is 3.02. The number of guanidine groups is 1. The number of aliphatic imine (C=N–C) groups is 1. The molecule has 3 aromatic rings. The van der Waals surface area contributed by atoms with Crippen molar-refractivity contribution in [2.45, 2.75) is 52.6 Å². The summed E-state index contributed by atoms with van der Waals surface area (Å²) >= 11 is 0. The molecule has 0 radical (unpaired) electrons. The maximum atomic E-state index is 4.71. The summed E-state index contributed by atoms with van der Waals surface area (Å²) in [4.78, 5) is 11.5. The largest absolute Gasteiger partial charge is 0.357 e. The van der Waals surface area contributed by atoms with E-state index < -0.39 is 0 Å². The molecule has 174 valence electrons. The van der Waals surface area contributed by atoms with Crippen molar-refractivity contribution in [3.63, 3.8) is 0 Å². The second-order valence-corrected chi connectivity index (χ2v) is 8.67. The SMILES string of the molecule is CN=C(NCc1ccc(N2CCCCCC2)nc1)NCc1ccccc1-n1nc(C)cc1C. The van der Waals surface area contributed by atoms with Gasteiger partial charge in [-0.15, -0.1) is 0 Å². The van der Waals surface area contributed by atoms with Gasteiger partial charge in [0.1, 0.15) is 5.82 Å². The van der Waals surface area contributed by atoms with Gasteiger partial charge >= 0.3 is 0 Å². The lowest BCUT2D eigenvalue weighted by Crippen LogP contribution is -2.36. The van der Waals surface area contributed by atoms with Gasteiger partial charge in [0, 0.05) is 45.1 Å². The Morgan fingerprint density at radius 2 is 1.73 bits per heavy atom. The number of anilines is 1. The monoisotopic (exact) mass is 445 g/mol. The molecule has 4 rings (SSSR count). The van der Waals surface area contributed by atoms with Crippen LogP contribution in [-0.4, -0.2) is 40.9 Å². The Hall–Kier alpha value is -3.35. The standard InChI is InChI=1S/C26H35N7/c1-20-16-21(2)33(31-20)24-11-7-6-10-23(24)19-30-26(27-3)29-18-22-12-13-25(28-17-22)32-14-8-4-5-9-15-32/h6-7,10-13,16-17H,4-5,8-9,14-15,18-19H2,1-3H3,(H2,27,29,30). The Labute approximate surface area is 197 Å². The van der Waals surface area contributed by atoms with E-state index in [0.29, 0.717) is 13.1 Å².